The molecule has 0 fully saturated rings. The van der Waals surface area contributed by atoms with E-state index < -0.39 is 0 Å². The first-order valence-electron chi connectivity index (χ1n) is 3.42. The molecule has 0 saturated heterocycles. The zero-order valence-electron chi connectivity index (χ0n) is 7.12. The highest BCUT2D eigenvalue weighted by Crippen LogP contribution is 1.98. The normalized spacial score (nSPS) is 10.5. The third kappa shape index (κ3) is 2.02. The average molecular weight is 134 g/mol. The van der Waals surface area contributed by atoms with E-state index in [9.17, 15) is 0 Å². The molecule has 0 spiro atoms. The summed E-state index contributed by atoms with van der Waals surface area (Å²) in [6.07, 6.45) is 1.83. The molecule has 0 heterocycles. The fourth-order valence-corrected chi connectivity index (χ4v) is 0.780. The molecule has 10 heavy (non-hydrogen) atoms. The van der Waals surface area contributed by atoms with E-state index in [-0.39, 0.29) is 1.43 Å². The fourth-order valence-electron chi connectivity index (χ4n) is 0.780. The summed E-state index contributed by atoms with van der Waals surface area (Å²) in [6.45, 7) is 2.74. The molecule has 1 nitrogen and oxygen atoms in total. The van der Waals surface area contributed by atoms with Gasteiger partial charge in [0.15, 0.2) is 0 Å². The van der Waals surface area contributed by atoms with Crippen LogP contribution in [0.5, 0.6) is 0 Å². The first-order valence-corrected chi connectivity index (χ1v) is 3.42. The number of benzene rings is 1. The van der Waals surface area contributed by atoms with Gasteiger partial charge in [-0.25, -0.2) is 0 Å². The molecular formula is C9H12N+. The van der Waals surface area contributed by atoms with Gasteiger partial charge in [-0.05, 0) is 18.7 Å². The van der Waals surface area contributed by atoms with Crippen molar-refractivity contribution in [3.8, 4) is 0 Å². The molecule has 0 N–H and O–H groups in total. The summed E-state index contributed by atoms with van der Waals surface area (Å²) >= 11 is 0. The second kappa shape index (κ2) is 3.83. The summed E-state index contributed by atoms with van der Waals surface area (Å²) < 4.78 is 0. The predicted molar refractivity (Wildman–Crippen MR) is 45.4 cm³/mol. The molecule has 1 rings (SSSR count). The van der Waals surface area contributed by atoms with Crippen LogP contribution >= 0.6 is 0 Å². The molecule has 0 radical (unpaired) electrons. The van der Waals surface area contributed by atoms with Crippen molar-refractivity contribution in [3.63, 3.8) is 0 Å². The Bertz CT molecular complexity index is 206. The highest BCUT2D eigenvalue weighted by Gasteiger charge is 1.83. The van der Waals surface area contributed by atoms with Crippen LogP contribution < -0.4 is 0 Å². The van der Waals surface area contributed by atoms with E-state index >= 15 is 0 Å². The molecule has 1 heteroatoms. The van der Waals surface area contributed by atoms with Crippen LogP contribution in [0.2, 0.25) is 0 Å². The van der Waals surface area contributed by atoms with Gasteiger partial charge in [-0.2, -0.15) is 0 Å². The van der Waals surface area contributed by atoms with Crippen molar-refractivity contribution in [2.75, 3.05) is 0 Å². The SMILES string of the molecule is CC=NCc1ccccc1.[H+]. The Morgan fingerprint density at radius 1 is 1.40 bits per heavy atom. The molecule has 1 aromatic rings. The Morgan fingerprint density at radius 3 is 2.70 bits per heavy atom. The van der Waals surface area contributed by atoms with Crippen LogP contribution in [-0.2, 0) is 6.54 Å². The number of aliphatic imine (C=N–C) groups is 1. The predicted octanol–water partition coefficient (Wildman–Crippen LogP) is 2.39. The Kier molecular flexibility index (Phi) is 2.68. The lowest BCUT2D eigenvalue weighted by molar-refractivity contribution is 1.08. The summed E-state index contributed by atoms with van der Waals surface area (Å²) in [6, 6.07) is 10.2. The summed E-state index contributed by atoms with van der Waals surface area (Å²) in [5, 5.41) is 0. The van der Waals surface area contributed by atoms with Gasteiger partial charge in [0.2, 0.25) is 0 Å². The zero-order valence-corrected chi connectivity index (χ0v) is 6.12. The summed E-state index contributed by atoms with van der Waals surface area (Å²) in [4.78, 5) is 4.12. The first-order chi connectivity index (χ1) is 4.93. The zero-order chi connectivity index (χ0) is 7.23. The Balaban J connectivity index is 0.000001000. The lowest BCUT2D eigenvalue weighted by Gasteiger charge is -1.92. The van der Waals surface area contributed by atoms with E-state index in [1.54, 1.807) is 0 Å². The van der Waals surface area contributed by atoms with E-state index in [0.717, 1.165) is 6.54 Å². The number of hydrogen-bond acceptors (Lipinski definition) is 1. The number of rotatable bonds is 2. The molecule has 0 atom stereocenters. The van der Waals surface area contributed by atoms with Gasteiger partial charge in [-0.1, -0.05) is 30.3 Å². The van der Waals surface area contributed by atoms with Gasteiger partial charge >= 0.3 is 1.43 Å². The minimum Gasteiger partial charge on any atom is -0.293 e. The lowest BCUT2D eigenvalue weighted by atomic mass is 10.2. The van der Waals surface area contributed by atoms with Gasteiger partial charge < -0.3 is 0 Å². The van der Waals surface area contributed by atoms with E-state index in [1.807, 2.05) is 31.3 Å². The summed E-state index contributed by atoms with van der Waals surface area (Å²) in [5.74, 6) is 0. The van der Waals surface area contributed by atoms with Crippen LogP contribution in [0.4, 0.5) is 0 Å². The molecule has 1 aromatic carbocycles. The van der Waals surface area contributed by atoms with Gasteiger partial charge in [0.05, 0.1) is 6.54 Å². The maximum atomic E-state index is 4.12. The smallest absolute Gasteiger partial charge is 0.293 e. The van der Waals surface area contributed by atoms with Crippen molar-refractivity contribution < 1.29 is 1.43 Å². The Hall–Kier alpha value is -1.11. The van der Waals surface area contributed by atoms with Gasteiger partial charge in [0.1, 0.15) is 0 Å². The van der Waals surface area contributed by atoms with Crippen LogP contribution in [0.25, 0.3) is 0 Å². The second-order valence-corrected chi connectivity index (χ2v) is 2.08. The first kappa shape index (κ1) is 7.00. The van der Waals surface area contributed by atoms with Crippen molar-refractivity contribution in [2.45, 2.75) is 13.5 Å². The lowest BCUT2D eigenvalue weighted by Crippen LogP contribution is -1.78. The molecule has 0 unspecified atom stereocenters. The summed E-state index contributed by atoms with van der Waals surface area (Å²) in [5.41, 5.74) is 1.26. The van der Waals surface area contributed by atoms with Gasteiger partial charge in [-0.15, -0.1) is 0 Å². The van der Waals surface area contributed by atoms with Gasteiger partial charge in [-0.3, -0.25) is 4.99 Å². The standard InChI is InChI=1S/C9H11N/c1-2-10-8-9-6-4-3-5-7-9/h2-7H,8H2,1H3/p+1. The van der Waals surface area contributed by atoms with Crippen LogP contribution in [0.1, 0.15) is 13.9 Å². The third-order valence-electron chi connectivity index (χ3n) is 1.30. The monoisotopic (exact) mass is 134 g/mol. The number of hydrogen-bond donors (Lipinski definition) is 0. The molecule has 0 saturated carbocycles. The molecular weight excluding hydrogens is 122 g/mol. The van der Waals surface area contributed by atoms with Crippen LogP contribution in [0.15, 0.2) is 35.3 Å². The molecule has 0 aliphatic rings. The van der Waals surface area contributed by atoms with Gasteiger partial charge in [0.25, 0.3) is 0 Å². The van der Waals surface area contributed by atoms with Crippen molar-refractivity contribution in [1.29, 1.82) is 0 Å². The maximum absolute atomic E-state index is 4.12. The topological polar surface area (TPSA) is 12.4 Å². The quantitative estimate of drug-likeness (QED) is 0.551. The van der Waals surface area contributed by atoms with Crippen molar-refractivity contribution in [3.05, 3.63) is 35.9 Å². The maximum Gasteiger partial charge on any atom is 1.00 e. The highest BCUT2D eigenvalue weighted by molar-refractivity contribution is 5.53. The van der Waals surface area contributed by atoms with E-state index in [2.05, 4.69) is 17.1 Å². The van der Waals surface area contributed by atoms with Crippen molar-refractivity contribution in [1.82, 2.24) is 0 Å². The number of nitrogens with zero attached hydrogens (tertiary/aromatic N) is 1. The minimum atomic E-state index is 0. The third-order valence-corrected chi connectivity index (χ3v) is 1.30. The molecule has 0 amide bonds. The molecule has 0 aromatic heterocycles. The van der Waals surface area contributed by atoms with Crippen molar-refractivity contribution in [2.24, 2.45) is 4.99 Å². The molecule has 0 aliphatic heterocycles. The van der Waals surface area contributed by atoms with Crippen LogP contribution in [-0.4, -0.2) is 6.21 Å². The minimum absolute atomic E-state index is 0. The summed E-state index contributed by atoms with van der Waals surface area (Å²) in [7, 11) is 0. The van der Waals surface area contributed by atoms with Gasteiger partial charge in [0, 0.05) is 0 Å². The van der Waals surface area contributed by atoms with Crippen molar-refractivity contribution >= 4 is 6.21 Å². The van der Waals surface area contributed by atoms with Crippen LogP contribution in [0.3, 0.4) is 0 Å². The Morgan fingerprint density at radius 2 is 2.10 bits per heavy atom. The highest BCUT2D eigenvalue weighted by atomic mass is 14.7. The van der Waals surface area contributed by atoms with E-state index in [0.29, 0.717) is 0 Å². The molecule has 0 aliphatic carbocycles. The molecule has 0 bridgehead atoms. The molecule has 52 valence electrons. The largest absolute Gasteiger partial charge is 1.00 e. The second-order valence-electron chi connectivity index (χ2n) is 2.08. The fraction of sp³-hybridized carbons (Fsp3) is 0.222. The average Bonchev–Trinajstić information content (AvgIpc) is 2.03. The Labute approximate surface area is 62.9 Å². The van der Waals surface area contributed by atoms with Crippen LogP contribution in [0, 0.1) is 0 Å². The van der Waals surface area contributed by atoms with E-state index in [1.165, 1.54) is 5.56 Å². The van der Waals surface area contributed by atoms with E-state index in [4.69, 9.17) is 0 Å².